The van der Waals surface area contributed by atoms with Crippen LogP contribution in [0.2, 0.25) is 0 Å². The molecule has 0 radical (unpaired) electrons. The van der Waals surface area contributed by atoms with Crippen LogP contribution >= 0.6 is 0 Å². The average Bonchev–Trinajstić information content (AvgIpc) is 2.26. The number of aliphatic carboxylic acids is 1. The van der Waals surface area contributed by atoms with Crippen LogP contribution in [0.1, 0.15) is 12.5 Å². The number of carboxylic acid groups (broad SMARTS) is 1. The molecular formula is C13H17NO2. The van der Waals surface area contributed by atoms with E-state index in [9.17, 15) is 4.79 Å². The molecule has 1 rings (SSSR count). The number of nitrogens with zero attached hydrogens (tertiary/aromatic N) is 1. The molecule has 0 aromatic heterocycles. The van der Waals surface area contributed by atoms with Gasteiger partial charge in [0.25, 0.3) is 0 Å². The van der Waals surface area contributed by atoms with E-state index in [1.807, 2.05) is 49.3 Å². The summed E-state index contributed by atoms with van der Waals surface area (Å²) < 4.78 is 0. The SMILES string of the molecule is CC(C(=O)O)=C(Cc1ccccc1)N(C)C. The standard InChI is InChI=1S/C13H17NO2/c1-10(13(15)16)12(14(2)3)9-11-7-5-4-6-8-11/h4-8H,9H2,1-3H3,(H,15,16). The average molecular weight is 219 g/mol. The highest BCUT2D eigenvalue weighted by atomic mass is 16.4. The molecule has 0 amide bonds. The molecule has 3 nitrogen and oxygen atoms in total. The summed E-state index contributed by atoms with van der Waals surface area (Å²) in [6, 6.07) is 9.86. The molecule has 0 aliphatic carbocycles. The molecule has 0 spiro atoms. The van der Waals surface area contributed by atoms with Gasteiger partial charge in [-0.3, -0.25) is 0 Å². The fraction of sp³-hybridized carbons (Fsp3) is 0.308. The van der Waals surface area contributed by atoms with Gasteiger partial charge >= 0.3 is 5.97 Å². The molecule has 0 aliphatic heterocycles. The Morgan fingerprint density at radius 3 is 2.25 bits per heavy atom. The van der Waals surface area contributed by atoms with Gasteiger partial charge in [-0.1, -0.05) is 30.3 Å². The predicted octanol–water partition coefficient (Wildman–Crippen LogP) is 2.15. The van der Waals surface area contributed by atoms with Crippen LogP contribution in [-0.2, 0) is 11.2 Å². The van der Waals surface area contributed by atoms with Gasteiger partial charge in [0, 0.05) is 26.2 Å². The van der Waals surface area contributed by atoms with Gasteiger partial charge in [-0.25, -0.2) is 4.79 Å². The highest BCUT2D eigenvalue weighted by Gasteiger charge is 2.11. The second-order valence-electron chi connectivity index (χ2n) is 3.93. The first-order chi connectivity index (χ1) is 7.52. The summed E-state index contributed by atoms with van der Waals surface area (Å²) in [6.45, 7) is 1.64. The lowest BCUT2D eigenvalue weighted by Gasteiger charge is -2.19. The van der Waals surface area contributed by atoms with Crippen LogP contribution in [0.25, 0.3) is 0 Å². The van der Waals surface area contributed by atoms with Crippen LogP contribution in [0.4, 0.5) is 0 Å². The number of allylic oxidation sites excluding steroid dienone is 1. The summed E-state index contributed by atoms with van der Waals surface area (Å²) in [5.41, 5.74) is 2.35. The summed E-state index contributed by atoms with van der Waals surface area (Å²) in [5.74, 6) is -0.861. The van der Waals surface area contributed by atoms with E-state index in [4.69, 9.17) is 5.11 Å². The summed E-state index contributed by atoms with van der Waals surface area (Å²) in [4.78, 5) is 12.8. The van der Waals surface area contributed by atoms with Gasteiger partial charge in [0.15, 0.2) is 0 Å². The van der Waals surface area contributed by atoms with Gasteiger partial charge in [-0.15, -0.1) is 0 Å². The first kappa shape index (κ1) is 12.3. The Balaban J connectivity index is 2.98. The van der Waals surface area contributed by atoms with Crippen LogP contribution in [0, 0.1) is 0 Å². The van der Waals surface area contributed by atoms with Crippen molar-refractivity contribution in [2.75, 3.05) is 14.1 Å². The zero-order valence-corrected chi connectivity index (χ0v) is 9.90. The maximum Gasteiger partial charge on any atom is 0.333 e. The molecule has 0 saturated carbocycles. The van der Waals surface area contributed by atoms with E-state index in [1.54, 1.807) is 6.92 Å². The molecule has 3 heteroatoms. The van der Waals surface area contributed by atoms with Crippen molar-refractivity contribution in [3.63, 3.8) is 0 Å². The van der Waals surface area contributed by atoms with Crippen molar-refractivity contribution in [1.29, 1.82) is 0 Å². The van der Waals surface area contributed by atoms with E-state index in [1.165, 1.54) is 0 Å². The predicted molar refractivity (Wildman–Crippen MR) is 64.2 cm³/mol. The van der Waals surface area contributed by atoms with E-state index < -0.39 is 5.97 Å². The van der Waals surface area contributed by atoms with E-state index in [0.29, 0.717) is 12.0 Å². The highest BCUT2D eigenvalue weighted by Crippen LogP contribution is 2.14. The first-order valence-electron chi connectivity index (χ1n) is 5.16. The van der Waals surface area contributed by atoms with Gasteiger partial charge in [0.1, 0.15) is 0 Å². The third-order valence-electron chi connectivity index (χ3n) is 2.51. The normalized spacial score (nSPS) is 11.9. The van der Waals surface area contributed by atoms with Crippen molar-refractivity contribution >= 4 is 5.97 Å². The Morgan fingerprint density at radius 2 is 1.81 bits per heavy atom. The second kappa shape index (κ2) is 5.35. The molecule has 86 valence electrons. The van der Waals surface area contributed by atoms with Crippen LogP contribution in [0.15, 0.2) is 41.6 Å². The maximum absolute atomic E-state index is 11.0. The molecule has 0 heterocycles. The van der Waals surface area contributed by atoms with Crippen LogP contribution in [-0.4, -0.2) is 30.1 Å². The number of carboxylic acids is 1. The van der Waals surface area contributed by atoms with E-state index in [2.05, 4.69) is 0 Å². The Bertz CT molecular complexity index is 394. The van der Waals surface area contributed by atoms with E-state index in [-0.39, 0.29) is 0 Å². The van der Waals surface area contributed by atoms with E-state index in [0.717, 1.165) is 11.3 Å². The van der Waals surface area contributed by atoms with Crippen molar-refractivity contribution in [3.05, 3.63) is 47.2 Å². The van der Waals surface area contributed by atoms with Gasteiger partial charge in [0.05, 0.1) is 5.57 Å². The molecule has 0 aliphatic rings. The third-order valence-corrected chi connectivity index (χ3v) is 2.51. The lowest BCUT2D eigenvalue weighted by Crippen LogP contribution is -2.18. The summed E-state index contributed by atoms with van der Waals surface area (Å²) in [5, 5.41) is 8.99. The first-order valence-corrected chi connectivity index (χ1v) is 5.16. The molecule has 0 bridgehead atoms. The number of hydrogen-bond acceptors (Lipinski definition) is 2. The topological polar surface area (TPSA) is 40.5 Å². The molecule has 0 fully saturated rings. The molecule has 0 saturated heterocycles. The van der Waals surface area contributed by atoms with Crippen molar-refractivity contribution < 1.29 is 9.90 Å². The summed E-state index contributed by atoms with van der Waals surface area (Å²) in [7, 11) is 3.73. The second-order valence-corrected chi connectivity index (χ2v) is 3.93. The van der Waals surface area contributed by atoms with Crippen molar-refractivity contribution in [2.24, 2.45) is 0 Å². The molecule has 1 aromatic rings. The third kappa shape index (κ3) is 3.12. The molecule has 1 N–H and O–H groups in total. The minimum Gasteiger partial charge on any atom is -0.478 e. The Morgan fingerprint density at radius 1 is 1.25 bits per heavy atom. The number of hydrogen-bond donors (Lipinski definition) is 1. The van der Waals surface area contributed by atoms with Crippen LogP contribution < -0.4 is 0 Å². The monoisotopic (exact) mass is 219 g/mol. The largest absolute Gasteiger partial charge is 0.478 e. The molecule has 0 atom stereocenters. The number of likely N-dealkylation sites (N-methyl/N-ethyl adjacent to an activating group) is 1. The van der Waals surface area contributed by atoms with Crippen LogP contribution in [0.3, 0.4) is 0 Å². The lowest BCUT2D eigenvalue weighted by molar-refractivity contribution is -0.132. The zero-order valence-electron chi connectivity index (χ0n) is 9.90. The Hall–Kier alpha value is -1.77. The van der Waals surface area contributed by atoms with E-state index >= 15 is 0 Å². The minimum atomic E-state index is -0.861. The number of rotatable bonds is 4. The zero-order chi connectivity index (χ0) is 12.1. The van der Waals surface area contributed by atoms with Gasteiger partial charge < -0.3 is 10.0 Å². The highest BCUT2D eigenvalue weighted by molar-refractivity contribution is 5.86. The van der Waals surface area contributed by atoms with Gasteiger partial charge in [-0.05, 0) is 12.5 Å². The summed E-state index contributed by atoms with van der Waals surface area (Å²) >= 11 is 0. The minimum absolute atomic E-state index is 0.397. The molecule has 1 aromatic carbocycles. The summed E-state index contributed by atoms with van der Waals surface area (Å²) in [6.07, 6.45) is 0.645. The number of benzene rings is 1. The Kier molecular flexibility index (Phi) is 4.11. The quantitative estimate of drug-likeness (QED) is 0.789. The van der Waals surface area contributed by atoms with Crippen molar-refractivity contribution in [2.45, 2.75) is 13.3 Å². The van der Waals surface area contributed by atoms with Gasteiger partial charge in [0.2, 0.25) is 0 Å². The molecular weight excluding hydrogens is 202 g/mol. The van der Waals surface area contributed by atoms with Crippen molar-refractivity contribution in [3.8, 4) is 0 Å². The smallest absolute Gasteiger partial charge is 0.333 e. The fourth-order valence-electron chi connectivity index (χ4n) is 1.54. The Labute approximate surface area is 96.0 Å². The van der Waals surface area contributed by atoms with Crippen LogP contribution in [0.5, 0.6) is 0 Å². The van der Waals surface area contributed by atoms with Gasteiger partial charge in [-0.2, -0.15) is 0 Å². The molecule has 16 heavy (non-hydrogen) atoms. The molecule has 0 unspecified atom stereocenters. The van der Waals surface area contributed by atoms with Crippen molar-refractivity contribution in [1.82, 2.24) is 4.90 Å². The lowest BCUT2D eigenvalue weighted by atomic mass is 10.1. The maximum atomic E-state index is 11.0. The number of carbonyl (C=O) groups is 1. The fourth-order valence-corrected chi connectivity index (χ4v) is 1.54.